The van der Waals surface area contributed by atoms with Crippen molar-refractivity contribution in [3.8, 4) is 0 Å². The van der Waals surface area contributed by atoms with Crippen LogP contribution < -0.4 is 11.3 Å². The van der Waals surface area contributed by atoms with Crippen molar-refractivity contribution in [2.75, 3.05) is 0 Å². The fraction of sp³-hybridized carbons (Fsp3) is 0.647. The first-order chi connectivity index (χ1) is 9.08. The molecule has 1 fully saturated rings. The van der Waals surface area contributed by atoms with Crippen molar-refractivity contribution in [3.63, 3.8) is 0 Å². The van der Waals surface area contributed by atoms with Gasteiger partial charge in [-0.25, -0.2) is 0 Å². The fourth-order valence-electron chi connectivity index (χ4n) is 3.49. The predicted molar refractivity (Wildman–Crippen MR) is 81.9 cm³/mol. The van der Waals surface area contributed by atoms with E-state index >= 15 is 0 Å². The van der Waals surface area contributed by atoms with Gasteiger partial charge in [0, 0.05) is 6.04 Å². The summed E-state index contributed by atoms with van der Waals surface area (Å²) in [7, 11) is 0. The number of nitrogens with one attached hydrogen (secondary N) is 1. The van der Waals surface area contributed by atoms with Gasteiger partial charge in [-0.1, -0.05) is 49.1 Å². The monoisotopic (exact) mass is 260 g/mol. The summed E-state index contributed by atoms with van der Waals surface area (Å²) in [6.07, 6.45) is 6.41. The lowest BCUT2D eigenvalue weighted by Crippen LogP contribution is -2.43. The highest BCUT2D eigenvalue weighted by atomic mass is 15.2. The van der Waals surface area contributed by atoms with Gasteiger partial charge >= 0.3 is 0 Å². The summed E-state index contributed by atoms with van der Waals surface area (Å²) in [4.78, 5) is 0. The summed E-state index contributed by atoms with van der Waals surface area (Å²) in [6, 6.07) is 7.25. The summed E-state index contributed by atoms with van der Waals surface area (Å²) in [5.41, 5.74) is 7.19. The highest BCUT2D eigenvalue weighted by molar-refractivity contribution is 5.29. The van der Waals surface area contributed by atoms with Gasteiger partial charge in [-0.3, -0.25) is 11.3 Å². The van der Waals surface area contributed by atoms with Gasteiger partial charge in [0.15, 0.2) is 0 Å². The number of rotatable bonds is 4. The average Bonchev–Trinajstić information content (AvgIpc) is 2.36. The third-order valence-corrected chi connectivity index (χ3v) is 4.58. The van der Waals surface area contributed by atoms with E-state index in [1.165, 1.54) is 42.4 Å². The normalized spacial score (nSPS) is 25.3. The molecule has 0 amide bonds. The fourth-order valence-corrected chi connectivity index (χ4v) is 3.49. The predicted octanol–water partition coefficient (Wildman–Crippen LogP) is 3.50. The lowest BCUT2D eigenvalue weighted by atomic mass is 9.78. The van der Waals surface area contributed by atoms with Crippen LogP contribution in [-0.2, 0) is 6.42 Å². The Kier molecular flexibility index (Phi) is 5.00. The Balaban J connectivity index is 2.02. The van der Waals surface area contributed by atoms with E-state index in [2.05, 4.69) is 44.4 Å². The molecule has 19 heavy (non-hydrogen) atoms. The molecule has 0 aromatic heterocycles. The molecule has 0 saturated heterocycles. The van der Waals surface area contributed by atoms with E-state index < -0.39 is 0 Å². The lowest BCUT2D eigenvalue weighted by molar-refractivity contribution is 0.229. The summed E-state index contributed by atoms with van der Waals surface area (Å²) < 4.78 is 0. The topological polar surface area (TPSA) is 38.0 Å². The highest BCUT2D eigenvalue weighted by Crippen LogP contribution is 2.31. The van der Waals surface area contributed by atoms with E-state index in [9.17, 15) is 0 Å². The maximum Gasteiger partial charge on any atom is 0.0279 e. The van der Waals surface area contributed by atoms with Crippen LogP contribution in [0.3, 0.4) is 0 Å². The van der Waals surface area contributed by atoms with Crippen molar-refractivity contribution in [3.05, 3.63) is 34.9 Å². The van der Waals surface area contributed by atoms with Crippen LogP contribution in [0.25, 0.3) is 0 Å². The summed E-state index contributed by atoms with van der Waals surface area (Å²) in [5, 5.41) is 0. The minimum Gasteiger partial charge on any atom is -0.271 e. The maximum atomic E-state index is 5.81. The minimum atomic E-state index is 0.425. The van der Waals surface area contributed by atoms with Crippen LogP contribution in [0.5, 0.6) is 0 Å². The second kappa shape index (κ2) is 6.53. The zero-order valence-corrected chi connectivity index (χ0v) is 12.6. The molecule has 0 spiro atoms. The van der Waals surface area contributed by atoms with E-state index in [0.717, 1.165) is 18.3 Å². The number of hydrogen-bond donors (Lipinski definition) is 2. The third-order valence-electron chi connectivity index (χ3n) is 4.58. The van der Waals surface area contributed by atoms with Gasteiger partial charge in [0.1, 0.15) is 0 Å². The standard InChI is InChI=1S/C17H28N2/c1-12-4-6-16(7-5-12)17(19-18)11-15-9-13(2)8-14(3)10-15/h8-10,12,16-17,19H,4-7,11,18H2,1-3H3. The summed E-state index contributed by atoms with van der Waals surface area (Å²) in [6.45, 7) is 6.71. The van der Waals surface area contributed by atoms with Crippen molar-refractivity contribution < 1.29 is 0 Å². The van der Waals surface area contributed by atoms with Crippen LogP contribution in [0, 0.1) is 25.7 Å². The van der Waals surface area contributed by atoms with Gasteiger partial charge in [0.25, 0.3) is 0 Å². The smallest absolute Gasteiger partial charge is 0.0279 e. The number of hydrogen-bond acceptors (Lipinski definition) is 2. The number of nitrogens with two attached hydrogens (primary N) is 1. The largest absolute Gasteiger partial charge is 0.271 e. The molecular weight excluding hydrogens is 232 g/mol. The molecule has 2 rings (SSSR count). The highest BCUT2D eigenvalue weighted by Gasteiger charge is 2.25. The molecule has 1 atom stereocenters. The molecule has 0 radical (unpaired) electrons. The molecule has 1 aromatic carbocycles. The molecule has 0 bridgehead atoms. The number of hydrazine groups is 1. The Hall–Kier alpha value is -0.860. The molecule has 2 heteroatoms. The van der Waals surface area contributed by atoms with Crippen molar-refractivity contribution >= 4 is 0 Å². The zero-order chi connectivity index (χ0) is 13.8. The Morgan fingerprint density at radius 2 is 1.68 bits per heavy atom. The van der Waals surface area contributed by atoms with Gasteiger partial charge in [-0.15, -0.1) is 0 Å². The van der Waals surface area contributed by atoms with Crippen molar-refractivity contribution in [2.45, 2.75) is 58.9 Å². The Morgan fingerprint density at radius 3 is 2.21 bits per heavy atom. The van der Waals surface area contributed by atoms with Crippen LogP contribution in [0.2, 0.25) is 0 Å². The molecule has 3 N–H and O–H groups in total. The molecule has 0 aliphatic heterocycles. The first kappa shape index (κ1) is 14.5. The van der Waals surface area contributed by atoms with Crippen LogP contribution in [0.4, 0.5) is 0 Å². The second-order valence-electron chi connectivity index (χ2n) is 6.49. The first-order valence-electron chi connectivity index (χ1n) is 7.61. The number of aryl methyl sites for hydroxylation is 2. The van der Waals surface area contributed by atoms with Gasteiger partial charge in [-0.05, 0) is 50.5 Å². The molecule has 1 aliphatic rings. The molecule has 1 aromatic rings. The zero-order valence-electron chi connectivity index (χ0n) is 12.6. The van der Waals surface area contributed by atoms with Crippen LogP contribution >= 0.6 is 0 Å². The summed E-state index contributed by atoms with van der Waals surface area (Å²) in [5.74, 6) is 7.45. The second-order valence-corrected chi connectivity index (χ2v) is 6.49. The van der Waals surface area contributed by atoms with E-state index in [1.54, 1.807) is 0 Å². The third kappa shape index (κ3) is 4.05. The van der Waals surface area contributed by atoms with E-state index in [1.807, 2.05) is 0 Å². The van der Waals surface area contributed by atoms with Crippen molar-refractivity contribution in [1.29, 1.82) is 0 Å². The van der Waals surface area contributed by atoms with Crippen molar-refractivity contribution in [1.82, 2.24) is 5.43 Å². The maximum absolute atomic E-state index is 5.81. The molecule has 1 saturated carbocycles. The van der Waals surface area contributed by atoms with Gasteiger partial charge < -0.3 is 0 Å². The van der Waals surface area contributed by atoms with Crippen molar-refractivity contribution in [2.24, 2.45) is 17.7 Å². The molecular formula is C17H28N2. The average molecular weight is 260 g/mol. The summed E-state index contributed by atoms with van der Waals surface area (Å²) >= 11 is 0. The van der Waals surface area contributed by atoms with Gasteiger partial charge in [0.2, 0.25) is 0 Å². The van der Waals surface area contributed by atoms with E-state index in [0.29, 0.717) is 6.04 Å². The van der Waals surface area contributed by atoms with Crippen LogP contribution in [0.1, 0.15) is 49.3 Å². The van der Waals surface area contributed by atoms with Crippen LogP contribution in [0.15, 0.2) is 18.2 Å². The molecule has 106 valence electrons. The first-order valence-corrected chi connectivity index (χ1v) is 7.61. The molecule has 1 aliphatic carbocycles. The Bertz CT molecular complexity index is 385. The quantitative estimate of drug-likeness (QED) is 0.642. The lowest BCUT2D eigenvalue weighted by Gasteiger charge is -2.32. The molecule has 2 nitrogen and oxygen atoms in total. The van der Waals surface area contributed by atoms with Gasteiger partial charge in [0.05, 0.1) is 0 Å². The number of benzene rings is 1. The SMILES string of the molecule is Cc1cc(C)cc(CC(NN)C2CCC(C)CC2)c1. The Labute approximate surface area is 117 Å². The molecule has 0 heterocycles. The van der Waals surface area contributed by atoms with Crippen LogP contribution in [-0.4, -0.2) is 6.04 Å². The van der Waals surface area contributed by atoms with E-state index in [-0.39, 0.29) is 0 Å². The molecule has 1 unspecified atom stereocenters. The minimum absolute atomic E-state index is 0.425. The Morgan fingerprint density at radius 1 is 1.11 bits per heavy atom. The van der Waals surface area contributed by atoms with Gasteiger partial charge in [-0.2, -0.15) is 0 Å². The van der Waals surface area contributed by atoms with E-state index in [4.69, 9.17) is 5.84 Å².